The Morgan fingerprint density at radius 1 is 0.900 bits per heavy atom. The lowest BCUT2D eigenvalue weighted by Crippen LogP contribution is -2.00. The normalized spacial score (nSPS) is 10.9. The standard InChI is InChI=1S/C15H10Cl3NO/c16-11-5-3-6-12(17)14(11)19-8-10-9-4-1-2-7-13(9)20-15(10)18/h1-7,19H,8H2. The number of benzene rings is 2. The van der Waals surface area contributed by atoms with Crippen LogP contribution in [0.5, 0.6) is 0 Å². The maximum atomic E-state index is 6.14. The molecule has 2 aromatic carbocycles. The topological polar surface area (TPSA) is 25.2 Å². The van der Waals surface area contributed by atoms with Crippen LogP contribution in [0, 0.1) is 0 Å². The minimum atomic E-state index is 0.377. The maximum Gasteiger partial charge on any atom is 0.199 e. The first kappa shape index (κ1) is 13.6. The van der Waals surface area contributed by atoms with Gasteiger partial charge >= 0.3 is 0 Å². The van der Waals surface area contributed by atoms with E-state index in [0.717, 1.165) is 16.5 Å². The van der Waals surface area contributed by atoms with Crippen LogP contribution < -0.4 is 5.32 Å². The zero-order valence-electron chi connectivity index (χ0n) is 10.3. The number of hydrogen-bond acceptors (Lipinski definition) is 2. The molecule has 0 aliphatic heterocycles. The average Bonchev–Trinajstić information content (AvgIpc) is 2.74. The smallest absolute Gasteiger partial charge is 0.199 e. The molecule has 5 heteroatoms. The molecular weight excluding hydrogens is 317 g/mol. The summed E-state index contributed by atoms with van der Waals surface area (Å²) >= 11 is 18.4. The number of fused-ring (bicyclic) bond motifs is 1. The fourth-order valence-electron chi connectivity index (χ4n) is 2.08. The minimum Gasteiger partial charge on any atom is -0.444 e. The zero-order chi connectivity index (χ0) is 14.1. The molecule has 0 amide bonds. The van der Waals surface area contributed by atoms with Crippen LogP contribution in [0.1, 0.15) is 5.56 Å². The van der Waals surface area contributed by atoms with E-state index in [1.165, 1.54) is 0 Å². The van der Waals surface area contributed by atoms with E-state index >= 15 is 0 Å². The van der Waals surface area contributed by atoms with Crippen molar-refractivity contribution >= 4 is 51.5 Å². The van der Waals surface area contributed by atoms with Crippen LogP contribution in [-0.2, 0) is 6.54 Å². The lowest BCUT2D eigenvalue weighted by atomic mass is 10.2. The van der Waals surface area contributed by atoms with Crippen LogP contribution in [-0.4, -0.2) is 0 Å². The van der Waals surface area contributed by atoms with Gasteiger partial charge in [0.25, 0.3) is 0 Å². The van der Waals surface area contributed by atoms with E-state index in [1.54, 1.807) is 18.2 Å². The Labute approximate surface area is 131 Å². The first-order valence-corrected chi connectivity index (χ1v) is 7.14. The Kier molecular flexibility index (Phi) is 3.79. The molecule has 2 nitrogen and oxygen atoms in total. The van der Waals surface area contributed by atoms with E-state index in [0.29, 0.717) is 27.5 Å². The highest BCUT2D eigenvalue weighted by Gasteiger charge is 2.13. The van der Waals surface area contributed by atoms with Crippen LogP contribution in [0.3, 0.4) is 0 Å². The van der Waals surface area contributed by atoms with Gasteiger partial charge < -0.3 is 9.73 Å². The van der Waals surface area contributed by atoms with Crippen molar-refractivity contribution in [1.29, 1.82) is 0 Å². The summed E-state index contributed by atoms with van der Waals surface area (Å²) in [6, 6.07) is 13.1. The summed E-state index contributed by atoms with van der Waals surface area (Å²) in [7, 11) is 0. The molecule has 1 heterocycles. The highest BCUT2D eigenvalue weighted by Crippen LogP contribution is 2.33. The van der Waals surface area contributed by atoms with Crippen molar-refractivity contribution in [1.82, 2.24) is 0 Å². The Hall–Kier alpha value is -1.35. The fourth-order valence-corrected chi connectivity index (χ4v) is 2.86. The number of hydrogen-bond donors (Lipinski definition) is 1. The van der Waals surface area contributed by atoms with Crippen molar-refractivity contribution < 1.29 is 4.42 Å². The number of nitrogens with one attached hydrogen (secondary N) is 1. The number of para-hydroxylation sites is 2. The van der Waals surface area contributed by atoms with Gasteiger partial charge in [-0.1, -0.05) is 47.5 Å². The van der Waals surface area contributed by atoms with Gasteiger partial charge in [0.05, 0.1) is 15.7 Å². The highest BCUT2D eigenvalue weighted by molar-refractivity contribution is 6.39. The Morgan fingerprint density at radius 3 is 2.35 bits per heavy atom. The van der Waals surface area contributed by atoms with Gasteiger partial charge in [0.2, 0.25) is 0 Å². The van der Waals surface area contributed by atoms with Gasteiger partial charge in [-0.15, -0.1) is 0 Å². The van der Waals surface area contributed by atoms with Gasteiger partial charge in [0.1, 0.15) is 5.58 Å². The molecule has 3 rings (SSSR count). The third-order valence-electron chi connectivity index (χ3n) is 3.05. The molecule has 102 valence electrons. The van der Waals surface area contributed by atoms with Gasteiger partial charge in [-0.2, -0.15) is 0 Å². The van der Waals surface area contributed by atoms with E-state index in [-0.39, 0.29) is 0 Å². The largest absolute Gasteiger partial charge is 0.444 e. The third kappa shape index (κ3) is 2.47. The number of rotatable bonds is 3. The predicted octanol–water partition coefficient (Wildman–Crippen LogP) is 6.01. The number of halogens is 3. The lowest BCUT2D eigenvalue weighted by Gasteiger charge is -2.09. The maximum absolute atomic E-state index is 6.14. The molecule has 0 aliphatic carbocycles. The second kappa shape index (κ2) is 5.57. The van der Waals surface area contributed by atoms with Gasteiger partial charge in [0.15, 0.2) is 5.22 Å². The summed E-state index contributed by atoms with van der Waals surface area (Å²) in [4.78, 5) is 0. The summed E-state index contributed by atoms with van der Waals surface area (Å²) in [6.07, 6.45) is 0. The average molecular weight is 327 g/mol. The molecule has 0 saturated heterocycles. The van der Waals surface area contributed by atoms with Crippen LogP contribution in [0.15, 0.2) is 46.9 Å². The van der Waals surface area contributed by atoms with E-state index in [4.69, 9.17) is 39.2 Å². The molecule has 0 aliphatic rings. The van der Waals surface area contributed by atoms with E-state index in [1.807, 2.05) is 24.3 Å². The SMILES string of the molecule is Clc1cccc(Cl)c1NCc1c(Cl)oc2ccccc12. The molecule has 0 saturated carbocycles. The van der Waals surface area contributed by atoms with Crippen LogP contribution in [0.25, 0.3) is 11.0 Å². The van der Waals surface area contributed by atoms with Crippen LogP contribution in [0.2, 0.25) is 15.3 Å². The van der Waals surface area contributed by atoms with Gasteiger partial charge in [0, 0.05) is 17.5 Å². The monoisotopic (exact) mass is 325 g/mol. The van der Waals surface area contributed by atoms with Gasteiger partial charge in [-0.25, -0.2) is 0 Å². The minimum absolute atomic E-state index is 0.377. The second-order valence-electron chi connectivity index (χ2n) is 4.30. The molecule has 0 unspecified atom stereocenters. The third-order valence-corrected chi connectivity index (χ3v) is 3.99. The van der Waals surface area contributed by atoms with Crippen LogP contribution >= 0.6 is 34.8 Å². The number of furan rings is 1. The summed E-state index contributed by atoms with van der Waals surface area (Å²) in [5.74, 6) is 0. The van der Waals surface area contributed by atoms with Gasteiger partial charge in [-0.3, -0.25) is 0 Å². The molecule has 0 bridgehead atoms. The zero-order valence-corrected chi connectivity index (χ0v) is 12.6. The van der Waals surface area contributed by atoms with Crippen molar-refractivity contribution in [2.75, 3.05) is 5.32 Å². The Bertz CT molecular complexity index is 747. The first-order valence-electron chi connectivity index (χ1n) is 6.00. The van der Waals surface area contributed by atoms with Crippen molar-refractivity contribution in [2.24, 2.45) is 0 Å². The molecule has 0 radical (unpaired) electrons. The van der Waals surface area contributed by atoms with E-state index < -0.39 is 0 Å². The number of anilines is 1. The van der Waals surface area contributed by atoms with Gasteiger partial charge in [-0.05, 0) is 29.8 Å². The molecular formula is C15H10Cl3NO. The molecule has 0 fully saturated rings. The quantitative estimate of drug-likeness (QED) is 0.638. The predicted molar refractivity (Wildman–Crippen MR) is 85.0 cm³/mol. The fraction of sp³-hybridized carbons (Fsp3) is 0.0667. The molecule has 20 heavy (non-hydrogen) atoms. The summed E-state index contributed by atoms with van der Waals surface area (Å²) in [5.41, 5.74) is 2.34. The lowest BCUT2D eigenvalue weighted by molar-refractivity contribution is 0.613. The second-order valence-corrected chi connectivity index (χ2v) is 5.46. The van der Waals surface area contributed by atoms with E-state index in [9.17, 15) is 0 Å². The molecule has 0 atom stereocenters. The highest BCUT2D eigenvalue weighted by atomic mass is 35.5. The van der Waals surface area contributed by atoms with Crippen molar-refractivity contribution in [3.8, 4) is 0 Å². The van der Waals surface area contributed by atoms with Crippen molar-refractivity contribution in [3.05, 3.63) is 63.3 Å². The van der Waals surface area contributed by atoms with Crippen molar-refractivity contribution in [2.45, 2.75) is 6.54 Å². The van der Waals surface area contributed by atoms with Crippen molar-refractivity contribution in [3.63, 3.8) is 0 Å². The first-order chi connectivity index (χ1) is 9.66. The molecule has 0 spiro atoms. The summed E-state index contributed by atoms with van der Waals surface area (Å²) < 4.78 is 5.51. The summed E-state index contributed by atoms with van der Waals surface area (Å²) in [6.45, 7) is 0.485. The molecule has 3 aromatic rings. The molecule has 1 N–H and O–H groups in total. The summed E-state index contributed by atoms with van der Waals surface area (Å²) in [5, 5.41) is 5.71. The Balaban J connectivity index is 1.93. The van der Waals surface area contributed by atoms with Crippen LogP contribution in [0.4, 0.5) is 5.69 Å². The van der Waals surface area contributed by atoms with E-state index in [2.05, 4.69) is 5.32 Å². The molecule has 1 aromatic heterocycles. The Morgan fingerprint density at radius 2 is 1.60 bits per heavy atom.